The first-order chi connectivity index (χ1) is 7.50. The average Bonchev–Trinajstić information content (AvgIpc) is 2.20. The summed E-state index contributed by atoms with van der Waals surface area (Å²) in [6.45, 7) is 4.31. The fourth-order valence-corrected chi connectivity index (χ4v) is 2.47. The maximum absolute atomic E-state index is 6.21. The highest BCUT2D eigenvalue weighted by Crippen LogP contribution is 2.24. The van der Waals surface area contributed by atoms with Gasteiger partial charge >= 0.3 is 0 Å². The van der Waals surface area contributed by atoms with Gasteiger partial charge in [0.05, 0.1) is 0 Å². The molecule has 0 spiro atoms. The van der Waals surface area contributed by atoms with Crippen molar-refractivity contribution in [2.24, 2.45) is 5.92 Å². The monoisotopic (exact) mass is 322 g/mol. The third-order valence-corrected chi connectivity index (χ3v) is 4.23. The van der Waals surface area contributed by atoms with Gasteiger partial charge in [-0.15, -0.1) is 11.6 Å². The summed E-state index contributed by atoms with van der Waals surface area (Å²) in [5.74, 6) is 0.544. The Kier molecular flexibility index (Phi) is 6.17. The molecule has 1 atom stereocenters. The molecule has 0 aromatic heterocycles. The predicted octanol–water partition coefficient (Wildman–Crippen LogP) is 5.69. The van der Waals surface area contributed by atoms with Gasteiger partial charge < -0.3 is 0 Å². The molecule has 0 radical (unpaired) electrons. The van der Waals surface area contributed by atoms with Crippen LogP contribution in [0.15, 0.2) is 22.7 Å². The maximum Gasteiger partial charge on any atom is 0.0449 e. The minimum absolute atomic E-state index is 0.272. The fourth-order valence-electron chi connectivity index (χ4n) is 1.55. The second kappa shape index (κ2) is 6.88. The number of benzene rings is 1. The quantitative estimate of drug-likeness (QED) is 0.611. The summed E-state index contributed by atoms with van der Waals surface area (Å²) in [4.78, 5) is 0. The number of aryl methyl sites for hydroxylation is 1. The smallest absolute Gasteiger partial charge is 0.0449 e. The van der Waals surface area contributed by atoms with Crippen LogP contribution in [0.4, 0.5) is 0 Å². The highest BCUT2D eigenvalue weighted by molar-refractivity contribution is 9.10. The van der Waals surface area contributed by atoms with Gasteiger partial charge in [0.1, 0.15) is 0 Å². The Bertz CT molecular complexity index is 337. The Morgan fingerprint density at radius 2 is 2.00 bits per heavy atom. The van der Waals surface area contributed by atoms with E-state index in [0.717, 1.165) is 28.8 Å². The molecule has 1 rings (SSSR count). The van der Waals surface area contributed by atoms with Crippen LogP contribution in [0.3, 0.4) is 0 Å². The maximum atomic E-state index is 6.21. The minimum atomic E-state index is 0.272. The summed E-state index contributed by atoms with van der Waals surface area (Å²) < 4.78 is 1.03. The van der Waals surface area contributed by atoms with Crippen LogP contribution in [-0.4, -0.2) is 5.38 Å². The van der Waals surface area contributed by atoms with E-state index in [0.29, 0.717) is 5.92 Å². The number of halogens is 3. The molecule has 0 aliphatic heterocycles. The van der Waals surface area contributed by atoms with Crippen molar-refractivity contribution < 1.29 is 0 Å². The van der Waals surface area contributed by atoms with Gasteiger partial charge in [0.2, 0.25) is 0 Å². The molecule has 0 aliphatic rings. The molecule has 0 N–H and O–H groups in total. The zero-order valence-electron chi connectivity index (χ0n) is 9.64. The predicted molar refractivity (Wildman–Crippen MR) is 76.6 cm³/mol. The molecule has 0 saturated carbocycles. The van der Waals surface area contributed by atoms with Crippen molar-refractivity contribution in [3.05, 3.63) is 33.3 Å². The summed E-state index contributed by atoms with van der Waals surface area (Å²) in [5, 5.41) is 1.11. The van der Waals surface area contributed by atoms with Gasteiger partial charge in [-0.2, -0.15) is 0 Å². The van der Waals surface area contributed by atoms with Crippen molar-refractivity contribution >= 4 is 39.1 Å². The van der Waals surface area contributed by atoms with E-state index in [-0.39, 0.29) is 5.38 Å². The van der Waals surface area contributed by atoms with Crippen LogP contribution in [0.5, 0.6) is 0 Å². The van der Waals surface area contributed by atoms with Gasteiger partial charge in [-0.1, -0.05) is 47.4 Å². The lowest BCUT2D eigenvalue weighted by Crippen LogP contribution is -2.07. The molecule has 0 nitrogen and oxygen atoms in total. The number of hydrogen-bond acceptors (Lipinski definition) is 0. The van der Waals surface area contributed by atoms with E-state index in [1.807, 2.05) is 12.1 Å². The Morgan fingerprint density at radius 3 is 2.56 bits per heavy atom. The van der Waals surface area contributed by atoms with Crippen LogP contribution in [-0.2, 0) is 6.42 Å². The Labute approximate surface area is 116 Å². The number of rotatable bonds is 5. The normalized spacial score (nSPS) is 13.1. The lowest BCUT2D eigenvalue weighted by Gasteiger charge is -2.13. The van der Waals surface area contributed by atoms with E-state index in [2.05, 4.69) is 35.8 Å². The largest absolute Gasteiger partial charge is 0.123 e. The fraction of sp³-hybridized carbons (Fsp3) is 0.538. The first-order valence-electron chi connectivity index (χ1n) is 5.58. The molecule has 3 heteroatoms. The van der Waals surface area contributed by atoms with Crippen molar-refractivity contribution in [1.82, 2.24) is 0 Å². The van der Waals surface area contributed by atoms with Crippen LogP contribution >= 0.6 is 39.1 Å². The molecular weight excluding hydrogens is 307 g/mol. The first kappa shape index (κ1) is 14.3. The Balaban J connectivity index is 2.43. The average molecular weight is 324 g/mol. The summed E-state index contributed by atoms with van der Waals surface area (Å²) in [6.07, 6.45) is 3.14. The summed E-state index contributed by atoms with van der Waals surface area (Å²) in [6, 6.07) is 6.05. The van der Waals surface area contributed by atoms with Gasteiger partial charge in [0.25, 0.3) is 0 Å². The zero-order valence-corrected chi connectivity index (χ0v) is 12.7. The second-order valence-corrected chi connectivity index (χ2v) is 6.27. The zero-order chi connectivity index (χ0) is 12.1. The van der Waals surface area contributed by atoms with Crippen LogP contribution in [0.2, 0.25) is 5.02 Å². The van der Waals surface area contributed by atoms with E-state index in [1.54, 1.807) is 0 Å². The van der Waals surface area contributed by atoms with Crippen LogP contribution in [0.1, 0.15) is 32.3 Å². The molecule has 16 heavy (non-hydrogen) atoms. The van der Waals surface area contributed by atoms with Crippen molar-refractivity contribution in [3.63, 3.8) is 0 Å². The lowest BCUT2D eigenvalue weighted by atomic mass is 10.0. The molecule has 0 bridgehead atoms. The molecule has 1 aromatic rings. The van der Waals surface area contributed by atoms with Crippen LogP contribution in [0.25, 0.3) is 0 Å². The van der Waals surface area contributed by atoms with Crippen molar-refractivity contribution in [1.29, 1.82) is 0 Å². The molecule has 1 unspecified atom stereocenters. The van der Waals surface area contributed by atoms with Crippen molar-refractivity contribution in [2.45, 2.75) is 38.5 Å². The molecule has 0 saturated heterocycles. The van der Waals surface area contributed by atoms with Crippen molar-refractivity contribution in [2.75, 3.05) is 0 Å². The standard InChI is InChI=1S/C13H17BrCl2/c1-9(2)12(15)5-3-4-10-6-7-11(14)8-13(10)16/h6-9,12H,3-5H2,1-2H3. The van der Waals surface area contributed by atoms with E-state index >= 15 is 0 Å². The lowest BCUT2D eigenvalue weighted by molar-refractivity contribution is 0.547. The molecule has 0 heterocycles. The summed E-state index contributed by atoms with van der Waals surface area (Å²) in [7, 11) is 0. The molecule has 0 amide bonds. The van der Waals surface area contributed by atoms with Gasteiger partial charge in [-0.3, -0.25) is 0 Å². The molecule has 90 valence electrons. The van der Waals surface area contributed by atoms with Crippen LogP contribution in [0, 0.1) is 5.92 Å². The Hall–Kier alpha value is 0.280. The van der Waals surface area contributed by atoms with Gasteiger partial charge in [0, 0.05) is 14.9 Å². The minimum Gasteiger partial charge on any atom is -0.123 e. The molecular formula is C13H17BrCl2. The van der Waals surface area contributed by atoms with E-state index in [4.69, 9.17) is 23.2 Å². The SMILES string of the molecule is CC(C)C(Cl)CCCc1ccc(Br)cc1Cl. The highest BCUT2D eigenvalue weighted by Gasteiger charge is 2.09. The first-order valence-corrected chi connectivity index (χ1v) is 7.19. The molecule has 0 aliphatic carbocycles. The highest BCUT2D eigenvalue weighted by atomic mass is 79.9. The number of hydrogen-bond donors (Lipinski definition) is 0. The number of alkyl halides is 1. The van der Waals surface area contributed by atoms with Gasteiger partial charge in [-0.25, -0.2) is 0 Å². The summed E-state index contributed by atoms with van der Waals surface area (Å²) >= 11 is 15.8. The topological polar surface area (TPSA) is 0 Å². The molecule has 0 fully saturated rings. The van der Waals surface area contributed by atoms with E-state index in [9.17, 15) is 0 Å². The third kappa shape index (κ3) is 4.65. The third-order valence-electron chi connectivity index (χ3n) is 2.66. The van der Waals surface area contributed by atoms with Crippen LogP contribution < -0.4 is 0 Å². The van der Waals surface area contributed by atoms with Gasteiger partial charge in [-0.05, 0) is 42.9 Å². The van der Waals surface area contributed by atoms with Gasteiger partial charge in [0.15, 0.2) is 0 Å². The second-order valence-electron chi connectivity index (χ2n) is 4.39. The Morgan fingerprint density at radius 1 is 1.31 bits per heavy atom. The van der Waals surface area contributed by atoms with E-state index in [1.165, 1.54) is 5.56 Å². The van der Waals surface area contributed by atoms with Crippen molar-refractivity contribution in [3.8, 4) is 0 Å². The molecule has 1 aromatic carbocycles. The summed E-state index contributed by atoms with van der Waals surface area (Å²) in [5.41, 5.74) is 1.21. The van der Waals surface area contributed by atoms with E-state index < -0.39 is 0 Å².